The zero-order chi connectivity index (χ0) is 14.1. The number of imide groups is 1. The largest absolute Gasteiger partial charge is 0.373 e. The van der Waals surface area contributed by atoms with Gasteiger partial charge in [0, 0.05) is 12.7 Å². The van der Waals surface area contributed by atoms with Crippen molar-refractivity contribution in [3.8, 4) is 5.69 Å². The third kappa shape index (κ3) is 2.13. The minimum Gasteiger partial charge on any atom is -0.373 e. The zero-order valence-electron chi connectivity index (χ0n) is 10.9. The second-order valence-electron chi connectivity index (χ2n) is 4.58. The van der Waals surface area contributed by atoms with Crippen LogP contribution in [0, 0.1) is 0 Å². The van der Waals surface area contributed by atoms with Crippen LogP contribution in [0.1, 0.15) is 6.42 Å². The van der Waals surface area contributed by atoms with E-state index < -0.39 is 6.04 Å². The van der Waals surface area contributed by atoms with Crippen molar-refractivity contribution in [3.63, 3.8) is 0 Å². The summed E-state index contributed by atoms with van der Waals surface area (Å²) >= 11 is 0. The highest BCUT2D eigenvalue weighted by atomic mass is 16.2. The van der Waals surface area contributed by atoms with Gasteiger partial charge < -0.3 is 5.32 Å². The third-order valence-electron chi connectivity index (χ3n) is 3.27. The van der Waals surface area contributed by atoms with Crippen molar-refractivity contribution in [3.05, 3.63) is 36.9 Å². The number of carbonyl (C=O) groups excluding carboxylic acids is 2. The average Bonchev–Trinajstić information content (AvgIpc) is 3.06. The number of hydrogen-bond acceptors (Lipinski definition) is 5. The molecule has 102 valence electrons. The molecule has 1 atom stereocenters. The van der Waals surface area contributed by atoms with Crippen LogP contribution in [0.5, 0.6) is 0 Å². The summed E-state index contributed by atoms with van der Waals surface area (Å²) in [6, 6.07) is 6.93. The quantitative estimate of drug-likeness (QED) is 0.819. The minimum atomic E-state index is -0.482. The molecular formula is C13H13N5O2. The van der Waals surface area contributed by atoms with Crippen molar-refractivity contribution in [2.24, 2.45) is 0 Å². The molecule has 1 aliphatic heterocycles. The highest BCUT2D eigenvalue weighted by molar-refractivity contribution is 6.06. The molecule has 7 nitrogen and oxygen atoms in total. The molecule has 2 aromatic rings. The summed E-state index contributed by atoms with van der Waals surface area (Å²) in [5, 5.41) is 7.10. The van der Waals surface area contributed by atoms with Gasteiger partial charge in [-0.1, -0.05) is 0 Å². The number of carbonyl (C=O) groups is 2. The number of likely N-dealkylation sites (tertiary alicyclic amines) is 1. The Balaban J connectivity index is 1.73. The van der Waals surface area contributed by atoms with E-state index in [0.717, 1.165) is 16.3 Å². The molecule has 0 radical (unpaired) electrons. The Bertz CT molecular complexity index is 635. The van der Waals surface area contributed by atoms with Gasteiger partial charge >= 0.3 is 0 Å². The van der Waals surface area contributed by atoms with Gasteiger partial charge in [-0.25, -0.2) is 9.67 Å². The van der Waals surface area contributed by atoms with Crippen molar-refractivity contribution in [2.75, 3.05) is 12.4 Å². The first-order valence-corrected chi connectivity index (χ1v) is 6.17. The molecule has 1 aromatic carbocycles. The maximum atomic E-state index is 11.8. The molecule has 2 amide bonds. The van der Waals surface area contributed by atoms with E-state index in [2.05, 4.69) is 15.4 Å². The molecule has 1 unspecified atom stereocenters. The first-order chi connectivity index (χ1) is 9.65. The number of aromatic nitrogens is 3. The molecule has 1 aliphatic rings. The van der Waals surface area contributed by atoms with E-state index in [1.807, 2.05) is 24.3 Å². The minimum absolute atomic E-state index is 0.160. The summed E-state index contributed by atoms with van der Waals surface area (Å²) in [6.45, 7) is 0. The number of hydrogen-bond donors (Lipinski definition) is 1. The van der Waals surface area contributed by atoms with Crippen molar-refractivity contribution in [1.82, 2.24) is 19.7 Å². The molecule has 20 heavy (non-hydrogen) atoms. The van der Waals surface area contributed by atoms with Crippen LogP contribution in [-0.2, 0) is 9.59 Å². The third-order valence-corrected chi connectivity index (χ3v) is 3.27. The van der Waals surface area contributed by atoms with Gasteiger partial charge in [0.05, 0.1) is 12.1 Å². The van der Waals surface area contributed by atoms with Crippen molar-refractivity contribution < 1.29 is 9.59 Å². The van der Waals surface area contributed by atoms with Crippen LogP contribution in [0.15, 0.2) is 36.9 Å². The smallest absolute Gasteiger partial charge is 0.251 e. The standard InChI is InChI=1S/C13H13N5O2/c1-17-12(19)6-11(13(17)20)16-9-2-4-10(5-3-9)18-8-14-7-15-18/h2-5,7-8,11,16H,6H2,1H3. The lowest BCUT2D eigenvalue weighted by atomic mass is 10.2. The molecule has 1 saturated heterocycles. The lowest BCUT2D eigenvalue weighted by Gasteiger charge is -2.12. The zero-order valence-corrected chi connectivity index (χ0v) is 10.9. The Kier molecular flexibility index (Phi) is 2.94. The SMILES string of the molecule is CN1C(=O)CC(Nc2ccc(-n3cncn3)cc2)C1=O. The summed E-state index contributed by atoms with van der Waals surface area (Å²) in [5.74, 6) is -0.359. The Morgan fingerprint density at radius 1 is 1.25 bits per heavy atom. The molecule has 0 saturated carbocycles. The van der Waals surface area contributed by atoms with E-state index in [9.17, 15) is 9.59 Å². The second-order valence-corrected chi connectivity index (χ2v) is 4.58. The summed E-state index contributed by atoms with van der Waals surface area (Å²) in [5.41, 5.74) is 1.66. The lowest BCUT2D eigenvalue weighted by Crippen LogP contribution is -2.31. The fraction of sp³-hybridized carbons (Fsp3) is 0.231. The first kappa shape index (κ1) is 12.3. The Hall–Kier alpha value is -2.70. The second kappa shape index (κ2) is 4.76. The van der Waals surface area contributed by atoms with E-state index in [4.69, 9.17) is 0 Å². The molecular weight excluding hydrogens is 258 g/mol. The van der Waals surface area contributed by atoms with Crippen LogP contribution in [0.25, 0.3) is 5.69 Å². The molecule has 0 spiro atoms. The first-order valence-electron chi connectivity index (χ1n) is 6.17. The summed E-state index contributed by atoms with van der Waals surface area (Å²) in [7, 11) is 1.50. The van der Waals surface area contributed by atoms with Gasteiger partial charge in [0.25, 0.3) is 5.91 Å². The Morgan fingerprint density at radius 3 is 2.55 bits per heavy atom. The maximum absolute atomic E-state index is 11.8. The van der Waals surface area contributed by atoms with Crippen LogP contribution in [-0.4, -0.2) is 44.6 Å². The van der Waals surface area contributed by atoms with Crippen molar-refractivity contribution in [1.29, 1.82) is 0 Å². The van der Waals surface area contributed by atoms with Crippen LogP contribution in [0.2, 0.25) is 0 Å². The fourth-order valence-electron chi connectivity index (χ4n) is 2.12. The fourth-order valence-corrected chi connectivity index (χ4v) is 2.12. The van der Waals surface area contributed by atoms with E-state index >= 15 is 0 Å². The molecule has 0 aliphatic carbocycles. The molecule has 1 fully saturated rings. The van der Waals surface area contributed by atoms with Gasteiger partial charge in [-0.15, -0.1) is 0 Å². The van der Waals surface area contributed by atoms with Crippen LogP contribution in [0.3, 0.4) is 0 Å². The molecule has 1 aromatic heterocycles. The summed E-state index contributed by atoms with van der Waals surface area (Å²) < 4.78 is 1.64. The number of likely N-dealkylation sites (N-methyl/N-ethyl adjacent to an activating group) is 1. The van der Waals surface area contributed by atoms with Gasteiger partial charge in [-0.05, 0) is 24.3 Å². The number of amides is 2. The number of rotatable bonds is 3. The van der Waals surface area contributed by atoms with Gasteiger partial charge in [0.15, 0.2) is 0 Å². The molecule has 0 bridgehead atoms. The highest BCUT2D eigenvalue weighted by Gasteiger charge is 2.35. The monoisotopic (exact) mass is 271 g/mol. The lowest BCUT2D eigenvalue weighted by molar-refractivity contribution is -0.136. The van der Waals surface area contributed by atoms with Crippen LogP contribution in [0.4, 0.5) is 5.69 Å². The van der Waals surface area contributed by atoms with E-state index in [-0.39, 0.29) is 18.2 Å². The number of benzene rings is 1. The van der Waals surface area contributed by atoms with Crippen LogP contribution >= 0.6 is 0 Å². The Labute approximate surface area is 115 Å². The Morgan fingerprint density at radius 2 is 2.00 bits per heavy atom. The van der Waals surface area contributed by atoms with E-state index in [1.165, 1.54) is 13.4 Å². The highest BCUT2D eigenvalue weighted by Crippen LogP contribution is 2.18. The maximum Gasteiger partial charge on any atom is 0.251 e. The number of nitrogens with zero attached hydrogens (tertiary/aromatic N) is 4. The summed E-state index contributed by atoms with van der Waals surface area (Å²) in [4.78, 5) is 28.3. The molecule has 7 heteroatoms. The van der Waals surface area contributed by atoms with E-state index in [0.29, 0.717) is 0 Å². The van der Waals surface area contributed by atoms with Crippen molar-refractivity contribution in [2.45, 2.75) is 12.5 Å². The van der Waals surface area contributed by atoms with Crippen molar-refractivity contribution >= 4 is 17.5 Å². The predicted octanol–water partition coefficient (Wildman–Crippen LogP) is 0.436. The van der Waals surface area contributed by atoms with E-state index in [1.54, 1.807) is 11.0 Å². The predicted molar refractivity (Wildman–Crippen MR) is 71.2 cm³/mol. The topological polar surface area (TPSA) is 80.1 Å². The average molecular weight is 271 g/mol. The van der Waals surface area contributed by atoms with Gasteiger partial charge in [-0.2, -0.15) is 5.10 Å². The summed E-state index contributed by atoms with van der Waals surface area (Å²) in [6.07, 6.45) is 3.27. The molecule has 3 rings (SSSR count). The number of anilines is 1. The molecule has 1 N–H and O–H groups in total. The number of nitrogens with one attached hydrogen (secondary N) is 1. The van der Waals surface area contributed by atoms with Gasteiger partial charge in [0.2, 0.25) is 5.91 Å². The van der Waals surface area contributed by atoms with Gasteiger partial charge in [-0.3, -0.25) is 14.5 Å². The normalized spacial score (nSPS) is 18.6. The van der Waals surface area contributed by atoms with Gasteiger partial charge in [0.1, 0.15) is 18.7 Å². The van der Waals surface area contributed by atoms with Crippen LogP contribution < -0.4 is 5.32 Å². The molecule has 2 heterocycles.